The highest BCUT2D eigenvalue weighted by Gasteiger charge is 2.44. The highest BCUT2D eigenvalue weighted by Crippen LogP contribution is 2.41. The molecule has 4 rings (SSSR count). The van der Waals surface area contributed by atoms with Crippen LogP contribution in [0.5, 0.6) is 5.75 Å². The van der Waals surface area contributed by atoms with Gasteiger partial charge in [-0.15, -0.1) is 0 Å². The van der Waals surface area contributed by atoms with Crippen molar-refractivity contribution in [3.63, 3.8) is 0 Å². The molecule has 178 valence electrons. The number of furan rings is 1. The first-order valence-electron chi connectivity index (χ1n) is 11.2. The number of aliphatic hydroxyl groups excluding tert-OH is 1. The third-order valence-electron chi connectivity index (χ3n) is 6.10. The van der Waals surface area contributed by atoms with Gasteiger partial charge in [0.1, 0.15) is 0 Å². The number of hydrogen-bond acceptors (Lipinski definition) is 5. The van der Waals surface area contributed by atoms with Crippen molar-refractivity contribution in [3.05, 3.63) is 75.7 Å². The predicted octanol–water partition coefficient (Wildman–Crippen LogP) is 6.38. The molecule has 0 fully saturated rings. The van der Waals surface area contributed by atoms with Crippen LogP contribution in [0.1, 0.15) is 61.8 Å². The molecule has 1 aliphatic heterocycles. The van der Waals surface area contributed by atoms with Crippen molar-refractivity contribution in [2.45, 2.75) is 45.6 Å². The average Bonchev–Trinajstić information content (AvgIpc) is 3.32. The lowest BCUT2D eigenvalue weighted by Gasteiger charge is -2.27. The topological polar surface area (TPSA) is 80.0 Å². The summed E-state index contributed by atoms with van der Waals surface area (Å²) in [5.41, 5.74) is 2.21. The number of methoxy groups -OCH3 is 1. The maximum atomic E-state index is 13.7. The number of hydrogen-bond donors (Lipinski definition) is 1. The Labute approximate surface area is 203 Å². The summed E-state index contributed by atoms with van der Waals surface area (Å²) in [6.45, 7) is 8.70. The Kier molecular flexibility index (Phi) is 6.21. The lowest BCUT2D eigenvalue weighted by molar-refractivity contribution is -0.129. The summed E-state index contributed by atoms with van der Waals surface area (Å²) in [5, 5.41) is 11.8. The number of Topliss-reactive ketones (excluding diaryl/α,β-unsaturated/α-hetero) is 1. The lowest BCUT2D eigenvalue weighted by atomic mass is 9.85. The minimum Gasteiger partial charge on any atom is -0.503 e. The summed E-state index contributed by atoms with van der Waals surface area (Å²) in [6.07, 6.45) is 0.678. The fourth-order valence-corrected chi connectivity index (χ4v) is 4.57. The smallest absolute Gasteiger partial charge is 0.290 e. The van der Waals surface area contributed by atoms with Crippen molar-refractivity contribution in [1.29, 1.82) is 0 Å². The third kappa shape index (κ3) is 4.07. The molecule has 1 aromatic heterocycles. The molecule has 0 radical (unpaired) electrons. The number of halogens is 1. The lowest BCUT2D eigenvalue weighted by Crippen LogP contribution is -2.31. The van der Waals surface area contributed by atoms with Crippen LogP contribution in [-0.4, -0.2) is 35.4 Å². The van der Waals surface area contributed by atoms with Gasteiger partial charge in [0.25, 0.3) is 5.91 Å². The zero-order chi connectivity index (χ0) is 24.8. The van der Waals surface area contributed by atoms with Gasteiger partial charge >= 0.3 is 0 Å². The van der Waals surface area contributed by atoms with Gasteiger partial charge in [0.05, 0.1) is 18.7 Å². The number of fused-ring (bicyclic) bond motifs is 1. The van der Waals surface area contributed by atoms with E-state index in [9.17, 15) is 14.7 Å². The van der Waals surface area contributed by atoms with Crippen LogP contribution in [0.3, 0.4) is 0 Å². The number of amides is 1. The molecule has 1 unspecified atom stereocenters. The fraction of sp³-hybridized carbons (Fsp3) is 0.333. The number of carbonyl (C=O) groups is 2. The number of ketones is 1. The normalized spacial score (nSPS) is 16.6. The van der Waals surface area contributed by atoms with Crippen LogP contribution in [0.2, 0.25) is 5.02 Å². The average molecular weight is 482 g/mol. The molecule has 6 nitrogen and oxygen atoms in total. The molecule has 0 aliphatic carbocycles. The Morgan fingerprint density at radius 1 is 1.18 bits per heavy atom. The summed E-state index contributed by atoms with van der Waals surface area (Å²) >= 11 is 6.16. The number of benzene rings is 2. The van der Waals surface area contributed by atoms with Crippen LogP contribution < -0.4 is 4.74 Å². The van der Waals surface area contributed by atoms with E-state index in [1.165, 1.54) is 12.0 Å². The van der Waals surface area contributed by atoms with Crippen molar-refractivity contribution in [2.75, 3.05) is 13.7 Å². The number of rotatable bonds is 6. The molecule has 2 aromatic carbocycles. The minimum atomic E-state index is -0.715. The second kappa shape index (κ2) is 8.84. The van der Waals surface area contributed by atoms with Crippen molar-refractivity contribution < 1.29 is 23.8 Å². The number of aliphatic hydroxyl groups is 1. The molecule has 34 heavy (non-hydrogen) atoms. The Balaban J connectivity index is 1.81. The molecule has 0 spiro atoms. The molecule has 1 atom stereocenters. The zero-order valence-corrected chi connectivity index (χ0v) is 20.7. The summed E-state index contributed by atoms with van der Waals surface area (Å²) in [5.74, 6) is -1.27. The van der Waals surface area contributed by atoms with Crippen molar-refractivity contribution in [2.24, 2.45) is 0 Å². The van der Waals surface area contributed by atoms with E-state index >= 15 is 0 Å². The van der Waals surface area contributed by atoms with Crippen LogP contribution in [0.25, 0.3) is 11.0 Å². The molecule has 2 heterocycles. The van der Waals surface area contributed by atoms with E-state index in [2.05, 4.69) is 20.8 Å². The molecule has 0 saturated carbocycles. The van der Waals surface area contributed by atoms with Crippen molar-refractivity contribution in [1.82, 2.24) is 4.90 Å². The first kappa shape index (κ1) is 23.9. The Bertz CT molecular complexity index is 1300. The fourth-order valence-electron chi connectivity index (χ4n) is 4.35. The van der Waals surface area contributed by atoms with Gasteiger partial charge in [-0.1, -0.05) is 63.6 Å². The van der Waals surface area contributed by atoms with E-state index in [0.29, 0.717) is 34.7 Å². The molecule has 7 heteroatoms. The highest BCUT2D eigenvalue weighted by atomic mass is 35.5. The van der Waals surface area contributed by atoms with E-state index in [4.69, 9.17) is 20.8 Å². The van der Waals surface area contributed by atoms with Gasteiger partial charge in [-0.3, -0.25) is 9.59 Å². The van der Waals surface area contributed by atoms with Gasteiger partial charge in [0.15, 0.2) is 22.9 Å². The van der Waals surface area contributed by atoms with Gasteiger partial charge in [-0.05, 0) is 35.1 Å². The first-order chi connectivity index (χ1) is 16.1. The molecular weight excluding hydrogens is 454 g/mol. The van der Waals surface area contributed by atoms with E-state index in [-0.39, 0.29) is 16.7 Å². The molecule has 1 amide bonds. The molecule has 0 saturated heterocycles. The number of ether oxygens (including phenoxy) is 1. The molecular formula is C27H28ClNO5. The zero-order valence-electron chi connectivity index (χ0n) is 19.9. The van der Waals surface area contributed by atoms with Crippen molar-refractivity contribution in [3.8, 4) is 5.75 Å². The molecule has 1 aliphatic rings. The van der Waals surface area contributed by atoms with Gasteiger partial charge in [-0.25, -0.2) is 0 Å². The van der Waals surface area contributed by atoms with Crippen LogP contribution in [0.4, 0.5) is 0 Å². The van der Waals surface area contributed by atoms with E-state index < -0.39 is 23.5 Å². The van der Waals surface area contributed by atoms with Crippen molar-refractivity contribution >= 4 is 34.3 Å². The molecule has 3 aromatic rings. The maximum absolute atomic E-state index is 13.7. The maximum Gasteiger partial charge on any atom is 0.290 e. The van der Waals surface area contributed by atoms with Crippen LogP contribution in [0.15, 0.2) is 58.2 Å². The Hall–Kier alpha value is -3.25. The summed E-state index contributed by atoms with van der Waals surface area (Å²) in [7, 11) is 1.49. The van der Waals surface area contributed by atoms with E-state index in [1.54, 1.807) is 18.2 Å². The van der Waals surface area contributed by atoms with E-state index in [1.807, 2.05) is 31.2 Å². The van der Waals surface area contributed by atoms with Gasteiger partial charge in [0, 0.05) is 23.0 Å². The quantitative estimate of drug-likeness (QED) is 0.413. The first-order valence-corrected chi connectivity index (χ1v) is 11.6. The third-order valence-corrected chi connectivity index (χ3v) is 6.31. The number of carbonyl (C=O) groups excluding carboxylic acids is 2. The predicted molar refractivity (Wildman–Crippen MR) is 132 cm³/mol. The van der Waals surface area contributed by atoms with Crippen LogP contribution in [-0.2, 0) is 10.2 Å². The number of nitrogens with zero attached hydrogens (tertiary/aromatic N) is 1. The molecule has 1 N–H and O–H groups in total. The largest absolute Gasteiger partial charge is 0.503 e. The monoisotopic (exact) mass is 481 g/mol. The Morgan fingerprint density at radius 2 is 1.85 bits per heavy atom. The molecule has 0 bridgehead atoms. The standard InChI is InChI=1S/C27H28ClNO5/c1-6-11-29-22(15-7-9-17(10-8-15)27(2,3)4)21(24(31)26(29)32)23(30)19-13-16-12-18(28)14-20(33-5)25(16)34-19/h7-10,12-14,22,31H,6,11H2,1-5H3. The van der Waals surface area contributed by atoms with Crippen LogP contribution >= 0.6 is 11.6 Å². The minimum absolute atomic E-state index is 0.000392. The van der Waals surface area contributed by atoms with Gasteiger partial charge in [0.2, 0.25) is 5.78 Å². The highest BCUT2D eigenvalue weighted by molar-refractivity contribution is 6.31. The summed E-state index contributed by atoms with van der Waals surface area (Å²) < 4.78 is 11.2. The Morgan fingerprint density at radius 3 is 2.44 bits per heavy atom. The van der Waals surface area contributed by atoms with E-state index in [0.717, 1.165) is 11.1 Å². The van der Waals surface area contributed by atoms with Crippen LogP contribution in [0, 0.1) is 0 Å². The second-order valence-corrected chi connectivity index (χ2v) is 9.94. The second-order valence-electron chi connectivity index (χ2n) is 9.50. The summed E-state index contributed by atoms with van der Waals surface area (Å²) in [4.78, 5) is 28.2. The van der Waals surface area contributed by atoms with Gasteiger partial charge < -0.3 is 19.2 Å². The van der Waals surface area contributed by atoms with Gasteiger partial charge in [-0.2, -0.15) is 0 Å². The summed E-state index contributed by atoms with van der Waals surface area (Å²) in [6, 6.07) is 11.9. The SMILES string of the molecule is CCCN1C(=O)C(O)=C(C(=O)c2cc3cc(Cl)cc(OC)c3o2)C1c1ccc(C(C)(C)C)cc1.